The van der Waals surface area contributed by atoms with Gasteiger partial charge in [0.05, 0.1) is 6.61 Å². The van der Waals surface area contributed by atoms with E-state index in [1.165, 1.54) is 18.4 Å². The van der Waals surface area contributed by atoms with Crippen molar-refractivity contribution in [2.75, 3.05) is 6.61 Å². The van der Waals surface area contributed by atoms with Crippen molar-refractivity contribution in [2.24, 2.45) is 17.8 Å². The molecule has 2 aliphatic rings. The molecule has 0 aromatic heterocycles. The largest absolute Gasteiger partial charge is 0.518 e. The van der Waals surface area contributed by atoms with E-state index in [9.17, 15) is 0 Å². The second-order valence-corrected chi connectivity index (χ2v) is 14.4. The van der Waals surface area contributed by atoms with Crippen molar-refractivity contribution in [3.63, 3.8) is 0 Å². The van der Waals surface area contributed by atoms with Crippen LogP contribution >= 0.6 is 0 Å². The summed E-state index contributed by atoms with van der Waals surface area (Å²) in [5.74, 6) is 3.03. The Kier molecular flexibility index (Phi) is 6.27. The smallest absolute Gasteiger partial charge is 0.263 e. The van der Waals surface area contributed by atoms with Gasteiger partial charge in [0.1, 0.15) is 0 Å². The number of allylic oxidation sites excluding steroid dienone is 3. The van der Waals surface area contributed by atoms with Gasteiger partial charge in [-0.25, -0.2) is 0 Å². The number of hydrogen-bond acceptors (Lipinski definition) is 2. The maximum atomic E-state index is 6.80. The molecule has 1 saturated carbocycles. The van der Waals surface area contributed by atoms with Gasteiger partial charge in [0, 0.05) is 5.57 Å². The standard InChI is InChI=1S/C21H38O2Si/c1-14(2)21(22-13-20-12-18-9-10-19(20)11-18)23-24(15(3)4,16(5)6)17(7)8/h9-10,15-20H,11-13H2,1-8H3/t18-,19+,20?/m0/s1. The summed E-state index contributed by atoms with van der Waals surface area (Å²) in [4.78, 5) is 0. The fourth-order valence-corrected chi connectivity index (χ4v) is 10.4. The van der Waals surface area contributed by atoms with Gasteiger partial charge >= 0.3 is 0 Å². The van der Waals surface area contributed by atoms with Gasteiger partial charge in [0.25, 0.3) is 14.3 Å². The molecule has 3 atom stereocenters. The first kappa shape index (κ1) is 19.6. The predicted molar refractivity (Wildman–Crippen MR) is 105 cm³/mol. The van der Waals surface area contributed by atoms with Crippen LogP contribution in [0.15, 0.2) is 23.7 Å². The fourth-order valence-electron chi connectivity index (χ4n) is 5.06. The van der Waals surface area contributed by atoms with E-state index in [1.54, 1.807) is 0 Å². The summed E-state index contributed by atoms with van der Waals surface area (Å²) < 4.78 is 13.1. The average molecular weight is 351 g/mol. The van der Waals surface area contributed by atoms with Crippen LogP contribution in [0.2, 0.25) is 16.6 Å². The number of hydrogen-bond donors (Lipinski definition) is 0. The Morgan fingerprint density at radius 3 is 1.92 bits per heavy atom. The van der Waals surface area contributed by atoms with Crippen LogP contribution in [0.25, 0.3) is 0 Å². The predicted octanol–water partition coefficient (Wildman–Crippen LogP) is 6.66. The normalized spacial score (nSPS) is 25.9. The Hall–Kier alpha value is -0.703. The van der Waals surface area contributed by atoms with E-state index in [0.29, 0.717) is 22.5 Å². The van der Waals surface area contributed by atoms with Crippen molar-refractivity contribution in [3.8, 4) is 0 Å². The Bertz CT molecular complexity index is 464. The first-order valence-corrected chi connectivity index (χ1v) is 12.0. The fraction of sp³-hybridized carbons (Fsp3) is 0.810. The average Bonchev–Trinajstić information content (AvgIpc) is 3.08. The second kappa shape index (κ2) is 7.68. The monoisotopic (exact) mass is 350 g/mol. The van der Waals surface area contributed by atoms with Gasteiger partial charge in [0.2, 0.25) is 0 Å². The summed E-state index contributed by atoms with van der Waals surface area (Å²) >= 11 is 0. The molecule has 0 aromatic rings. The molecule has 1 fully saturated rings. The van der Waals surface area contributed by atoms with E-state index in [-0.39, 0.29) is 0 Å². The van der Waals surface area contributed by atoms with Crippen LogP contribution in [0.3, 0.4) is 0 Å². The summed E-state index contributed by atoms with van der Waals surface area (Å²) in [6.45, 7) is 19.0. The molecule has 138 valence electrons. The van der Waals surface area contributed by atoms with Crippen LogP contribution in [0.1, 0.15) is 68.2 Å². The van der Waals surface area contributed by atoms with Crippen LogP contribution in [0, 0.1) is 17.8 Å². The third-order valence-electron chi connectivity index (χ3n) is 6.23. The SMILES string of the molecule is CC(C)=C(OCC1C[C@H]2C=C[C@@H]1C2)O[Si](C(C)C)(C(C)C)C(C)C. The lowest BCUT2D eigenvalue weighted by Crippen LogP contribution is -2.48. The molecule has 2 bridgehead atoms. The Morgan fingerprint density at radius 2 is 1.54 bits per heavy atom. The third-order valence-corrected chi connectivity index (χ3v) is 12.2. The molecule has 0 aliphatic heterocycles. The molecule has 0 radical (unpaired) electrons. The molecule has 2 rings (SSSR count). The maximum absolute atomic E-state index is 6.80. The quantitative estimate of drug-likeness (QED) is 0.277. The van der Waals surface area contributed by atoms with Gasteiger partial charge in [0.15, 0.2) is 0 Å². The maximum Gasteiger partial charge on any atom is 0.263 e. The van der Waals surface area contributed by atoms with Crippen molar-refractivity contribution in [3.05, 3.63) is 23.7 Å². The van der Waals surface area contributed by atoms with E-state index >= 15 is 0 Å². The van der Waals surface area contributed by atoms with Crippen LogP contribution in [-0.4, -0.2) is 14.9 Å². The number of rotatable bonds is 8. The number of fused-ring (bicyclic) bond motifs is 2. The van der Waals surface area contributed by atoms with Crippen molar-refractivity contribution >= 4 is 8.32 Å². The summed E-state index contributed by atoms with van der Waals surface area (Å²) in [5, 5.41) is 0. The lowest BCUT2D eigenvalue weighted by molar-refractivity contribution is 0.0626. The first-order chi connectivity index (χ1) is 11.2. The van der Waals surface area contributed by atoms with Crippen LogP contribution in [0.5, 0.6) is 0 Å². The summed E-state index contributed by atoms with van der Waals surface area (Å²) in [7, 11) is -1.94. The highest BCUT2D eigenvalue weighted by Crippen LogP contribution is 2.46. The molecule has 0 aromatic carbocycles. The molecule has 0 heterocycles. The minimum absolute atomic E-state index is 0.570. The van der Waals surface area contributed by atoms with E-state index in [0.717, 1.165) is 24.4 Å². The lowest BCUT2D eigenvalue weighted by atomic mass is 9.95. The molecule has 2 nitrogen and oxygen atoms in total. The molecule has 0 spiro atoms. The highest BCUT2D eigenvalue weighted by atomic mass is 28.4. The number of ether oxygens (including phenoxy) is 1. The highest BCUT2D eigenvalue weighted by Gasteiger charge is 2.48. The molecule has 1 unspecified atom stereocenters. The molecule has 2 aliphatic carbocycles. The van der Waals surface area contributed by atoms with Crippen molar-refractivity contribution in [1.82, 2.24) is 0 Å². The summed E-state index contributed by atoms with van der Waals surface area (Å²) in [5.41, 5.74) is 2.88. The van der Waals surface area contributed by atoms with Crippen molar-refractivity contribution in [1.29, 1.82) is 0 Å². The van der Waals surface area contributed by atoms with E-state index in [4.69, 9.17) is 9.16 Å². The third kappa shape index (κ3) is 3.76. The van der Waals surface area contributed by atoms with Crippen molar-refractivity contribution in [2.45, 2.75) is 84.9 Å². The summed E-state index contributed by atoms with van der Waals surface area (Å²) in [6.07, 6.45) is 7.42. The Balaban J connectivity index is 2.09. The molecule has 3 heteroatoms. The van der Waals surface area contributed by atoms with Gasteiger partial charge in [-0.05, 0) is 61.1 Å². The lowest BCUT2D eigenvalue weighted by Gasteiger charge is -2.42. The van der Waals surface area contributed by atoms with Gasteiger partial charge < -0.3 is 9.16 Å². The zero-order chi connectivity index (χ0) is 18.1. The molecule has 0 saturated heterocycles. The summed E-state index contributed by atoms with van der Waals surface area (Å²) in [6, 6.07) is 0. The van der Waals surface area contributed by atoms with Gasteiger partial charge in [-0.15, -0.1) is 0 Å². The van der Waals surface area contributed by atoms with E-state index in [2.05, 4.69) is 67.5 Å². The van der Waals surface area contributed by atoms with E-state index < -0.39 is 8.32 Å². The molecular formula is C21H38O2Si. The second-order valence-electron chi connectivity index (χ2n) is 9.06. The zero-order valence-electron chi connectivity index (χ0n) is 17.1. The van der Waals surface area contributed by atoms with Crippen molar-refractivity contribution < 1.29 is 9.16 Å². The van der Waals surface area contributed by atoms with Crippen LogP contribution < -0.4 is 0 Å². The zero-order valence-corrected chi connectivity index (χ0v) is 18.1. The minimum Gasteiger partial charge on any atom is -0.518 e. The van der Waals surface area contributed by atoms with Crippen LogP contribution in [-0.2, 0) is 9.16 Å². The molecule has 0 N–H and O–H groups in total. The molecule has 0 amide bonds. The Labute approximate surface area is 150 Å². The minimum atomic E-state index is -1.94. The molecule has 24 heavy (non-hydrogen) atoms. The molecular weight excluding hydrogens is 312 g/mol. The Morgan fingerprint density at radius 1 is 0.958 bits per heavy atom. The van der Waals surface area contributed by atoms with Gasteiger partial charge in [-0.1, -0.05) is 53.7 Å². The van der Waals surface area contributed by atoms with Gasteiger partial charge in [-0.2, -0.15) is 0 Å². The first-order valence-electron chi connectivity index (χ1n) is 9.86. The van der Waals surface area contributed by atoms with E-state index in [1.807, 2.05) is 0 Å². The van der Waals surface area contributed by atoms with Gasteiger partial charge in [-0.3, -0.25) is 0 Å². The highest BCUT2D eigenvalue weighted by molar-refractivity contribution is 6.77. The topological polar surface area (TPSA) is 18.5 Å². The van der Waals surface area contributed by atoms with Crippen LogP contribution in [0.4, 0.5) is 0 Å².